The van der Waals surface area contributed by atoms with Crippen molar-refractivity contribution in [1.82, 2.24) is 0 Å². The Morgan fingerprint density at radius 2 is 1.92 bits per heavy atom. The summed E-state index contributed by atoms with van der Waals surface area (Å²) in [6, 6.07) is 0. The van der Waals surface area contributed by atoms with Gasteiger partial charge in [-0.3, -0.25) is 4.79 Å². The van der Waals surface area contributed by atoms with Crippen LogP contribution in [0.15, 0.2) is 0 Å². The first-order valence-corrected chi connectivity index (χ1v) is 6.03. The predicted octanol–water partition coefficient (Wildman–Crippen LogP) is 3.87. The fourth-order valence-corrected chi connectivity index (χ4v) is 2.11. The van der Waals surface area contributed by atoms with Gasteiger partial charge < -0.3 is 0 Å². The molecule has 0 rings (SSSR count). The second-order valence-electron chi connectivity index (χ2n) is 4.26. The van der Waals surface area contributed by atoms with Gasteiger partial charge in [0.25, 0.3) is 0 Å². The smallest absolute Gasteiger partial charge is 0.194 e. The zero-order valence-corrected chi connectivity index (χ0v) is 10.3. The summed E-state index contributed by atoms with van der Waals surface area (Å²) in [4.78, 5) is 11.8. The zero-order valence-electron chi connectivity index (χ0n) is 9.52. The lowest BCUT2D eigenvalue weighted by Crippen LogP contribution is -2.22. The first kappa shape index (κ1) is 13.0. The van der Waals surface area contributed by atoms with Gasteiger partial charge in [0.05, 0.1) is 0 Å². The van der Waals surface area contributed by atoms with E-state index in [1.807, 2.05) is 13.8 Å². The van der Waals surface area contributed by atoms with E-state index in [2.05, 4.69) is 20.8 Å². The fourth-order valence-electron chi connectivity index (χ4n) is 1.15. The highest BCUT2D eigenvalue weighted by molar-refractivity contribution is 8.14. The average Bonchev–Trinajstić information content (AvgIpc) is 2.04. The summed E-state index contributed by atoms with van der Waals surface area (Å²) in [6.07, 6.45) is 3.15. The van der Waals surface area contributed by atoms with E-state index in [9.17, 15) is 4.79 Å². The van der Waals surface area contributed by atoms with Gasteiger partial charge in [-0.15, -0.1) is 0 Å². The fraction of sp³-hybridized carbons (Fsp3) is 0.909. The van der Waals surface area contributed by atoms with Gasteiger partial charge >= 0.3 is 0 Å². The van der Waals surface area contributed by atoms with Gasteiger partial charge in [0.1, 0.15) is 0 Å². The Bertz CT molecular complexity index is 163. The maximum Gasteiger partial charge on any atom is 0.194 e. The third kappa shape index (κ3) is 4.70. The van der Waals surface area contributed by atoms with Crippen LogP contribution in [0, 0.1) is 5.41 Å². The Kier molecular flexibility index (Phi) is 5.70. The highest BCUT2D eigenvalue weighted by atomic mass is 32.2. The van der Waals surface area contributed by atoms with Crippen molar-refractivity contribution in [2.24, 2.45) is 5.41 Å². The van der Waals surface area contributed by atoms with Crippen LogP contribution in [-0.2, 0) is 4.79 Å². The van der Waals surface area contributed by atoms with E-state index >= 15 is 0 Å². The molecule has 0 saturated heterocycles. The number of hydrogen-bond donors (Lipinski definition) is 0. The minimum absolute atomic E-state index is 0.136. The van der Waals surface area contributed by atoms with E-state index in [0.29, 0.717) is 10.4 Å². The highest BCUT2D eigenvalue weighted by Gasteiger charge is 2.27. The summed E-state index contributed by atoms with van der Waals surface area (Å²) >= 11 is 1.51. The van der Waals surface area contributed by atoms with Gasteiger partial charge in [-0.05, 0) is 12.8 Å². The predicted molar refractivity (Wildman–Crippen MR) is 61.0 cm³/mol. The van der Waals surface area contributed by atoms with Crippen LogP contribution in [0.25, 0.3) is 0 Å². The molecule has 0 aromatic carbocycles. The van der Waals surface area contributed by atoms with Crippen LogP contribution in [0.2, 0.25) is 0 Å². The van der Waals surface area contributed by atoms with Gasteiger partial charge in [-0.25, -0.2) is 0 Å². The summed E-state index contributed by atoms with van der Waals surface area (Å²) in [5, 5.41) is 0.812. The maximum absolute atomic E-state index is 11.8. The lowest BCUT2D eigenvalue weighted by molar-refractivity contribution is -0.118. The molecule has 0 aliphatic heterocycles. The molecule has 13 heavy (non-hydrogen) atoms. The topological polar surface area (TPSA) is 17.1 Å². The van der Waals surface area contributed by atoms with E-state index in [1.165, 1.54) is 11.8 Å². The molecule has 0 spiro atoms. The maximum atomic E-state index is 11.8. The van der Waals surface area contributed by atoms with Crippen molar-refractivity contribution in [2.45, 2.75) is 59.1 Å². The highest BCUT2D eigenvalue weighted by Crippen LogP contribution is 2.31. The van der Waals surface area contributed by atoms with Gasteiger partial charge in [0.2, 0.25) is 0 Å². The molecule has 0 radical (unpaired) electrons. The Hall–Kier alpha value is 0.0200. The normalized spacial score (nSPS) is 14.2. The molecular weight excluding hydrogens is 180 g/mol. The van der Waals surface area contributed by atoms with E-state index in [4.69, 9.17) is 0 Å². The largest absolute Gasteiger partial charge is 0.287 e. The van der Waals surface area contributed by atoms with E-state index in [-0.39, 0.29) is 5.41 Å². The van der Waals surface area contributed by atoms with Crippen molar-refractivity contribution in [2.75, 3.05) is 0 Å². The minimum Gasteiger partial charge on any atom is -0.287 e. The van der Waals surface area contributed by atoms with Gasteiger partial charge in [-0.1, -0.05) is 52.8 Å². The van der Waals surface area contributed by atoms with Crippen molar-refractivity contribution < 1.29 is 4.79 Å². The molecule has 0 aliphatic carbocycles. The molecular formula is C11H22OS. The molecule has 0 fully saturated rings. The quantitative estimate of drug-likeness (QED) is 0.673. The van der Waals surface area contributed by atoms with Crippen molar-refractivity contribution in [1.29, 1.82) is 0 Å². The Labute approximate surface area is 86.7 Å². The SMILES string of the molecule is CCCC(C)(C)C(=O)SC(C)CC. The third-order valence-electron chi connectivity index (χ3n) is 2.31. The molecule has 0 bridgehead atoms. The van der Waals surface area contributed by atoms with Crippen molar-refractivity contribution in [3.05, 3.63) is 0 Å². The van der Waals surface area contributed by atoms with Crippen LogP contribution in [0.5, 0.6) is 0 Å². The van der Waals surface area contributed by atoms with Crippen molar-refractivity contribution >= 4 is 16.9 Å². The Balaban J connectivity index is 4.08. The van der Waals surface area contributed by atoms with Crippen molar-refractivity contribution in [3.63, 3.8) is 0 Å². The van der Waals surface area contributed by atoms with Crippen LogP contribution in [0.1, 0.15) is 53.9 Å². The van der Waals surface area contributed by atoms with Crippen LogP contribution >= 0.6 is 11.8 Å². The molecule has 78 valence electrons. The van der Waals surface area contributed by atoms with E-state index in [1.54, 1.807) is 0 Å². The molecule has 0 N–H and O–H groups in total. The Morgan fingerprint density at radius 3 is 2.31 bits per heavy atom. The molecule has 1 atom stereocenters. The van der Waals surface area contributed by atoms with Crippen LogP contribution in [0.4, 0.5) is 0 Å². The summed E-state index contributed by atoms with van der Waals surface area (Å²) in [6.45, 7) is 10.5. The Morgan fingerprint density at radius 1 is 1.38 bits per heavy atom. The third-order valence-corrected chi connectivity index (χ3v) is 3.81. The van der Waals surface area contributed by atoms with Crippen LogP contribution in [0.3, 0.4) is 0 Å². The van der Waals surface area contributed by atoms with E-state index in [0.717, 1.165) is 19.3 Å². The number of carbonyl (C=O) groups excluding carboxylic acids is 1. The monoisotopic (exact) mass is 202 g/mol. The molecule has 1 unspecified atom stereocenters. The number of rotatable bonds is 5. The second kappa shape index (κ2) is 5.69. The molecule has 2 heteroatoms. The van der Waals surface area contributed by atoms with Gasteiger partial charge in [-0.2, -0.15) is 0 Å². The number of carbonyl (C=O) groups is 1. The standard InChI is InChI=1S/C11H22OS/c1-6-8-11(4,5)10(12)13-9(3)7-2/h9H,6-8H2,1-5H3. The lowest BCUT2D eigenvalue weighted by atomic mass is 9.90. The van der Waals surface area contributed by atoms with E-state index < -0.39 is 0 Å². The van der Waals surface area contributed by atoms with Gasteiger partial charge in [0, 0.05) is 10.7 Å². The van der Waals surface area contributed by atoms with Crippen LogP contribution in [-0.4, -0.2) is 10.4 Å². The van der Waals surface area contributed by atoms with Crippen molar-refractivity contribution in [3.8, 4) is 0 Å². The second-order valence-corrected chi connectivity index (χ2v) is 5.67. The molecule has 0 aromatic heterocycles. The summed E-state index contributed by atoms with van der Waals surface area (Å²) in [7, 11) is 0. The summed E-state index contributed by atoms with van der Waals surface area (Å²) in [5.41, 5.74) is -0.136. The summed E-state index contributed by atoms with van der Waals surface area (Å²) < 4.78 is 0. The number of thioether (sulfide) groups is 1. The first-order chi connectivity index (χ1) is 5.94. The molecule has 1 nitrogen and oxygen atoms in total. The average molecular weight is 202 g/mol. The first-order valence-electron chi connectivity index (χ1n) is 5.15. The number of hydrogen-bond acceptors (Lipinski definition) is 2. The molecule has 0 aliphatic rings. The lowest BCUT2D eigenvalue weighted by Gasteiger charge is -2.23. The minimum atomic E-state index is -0.136. The van der Waals surface area contributed by atoms with Gasteiger partial charge in [0.15, 0.2) is 5.12 Å². The molecule has 0 amide bonds. The molecule has 0 heterocycles. The summed E-state index contributed by atoms with van der Waals surface area (Å²) in [5.74, 6) is 0. The molecule has 0 saturated carbocycles. The molecule has 0 aromatic rings. The zero-order chi connectivity index (χ0) is 10.5. The van der Waals surface area contributed by atoms with Crippen LogP contribution < -0.4 is 0 Å².